The fourth-order valence-corrected chi connectivity index (χ4v) is 4.87. The van der Waals surface area contributed by atoms with Crippen LogP contribution >= 0.6 is 11.8 Å². The Morgan fingerprint density at radius 2 is 1.84 bits per heavy atom. The number of rotatable bonds is 8. The molecule has 2 amide bonds. The second-order valence-electron chi connectivity index (χ2n) is 8.30. The number of hydrogen-bond acceptors (Lipinski definition) is 7. The number of nitrogens with one attached hydrogen (secondary N) is 3. The first-order valence-corrected chi connectivity index (χ1v) is 12.5. The molecule has 0 spiro atoms. The van der Waals surface area contributed by atoms with Crippen LogP contribution in [0.1, 0.15) is 24.2 Å². The van der Waals surface area contributed by atoms with Crippen molar-refractivity contribution in [2.45, 2.75) is 19.8 Å². The van der Waals surface area contributed by atoms with Gasteiger partial charge in [0.1, 0.15) is 11.5 Å². The number of nitriles is 1. The number of carbonyl (C=O) groups excluding carboxylic acids is 2. The molecule has 4 rings (SSSR count). The summed E-state index contributed by atoms with van der Waals surface area (Å²) in [5, 5.41) is 19.6. The van der Waals surface area contributed by atoms with Crippen LogP contribution in [0.25, 0.3) is 0 Å². The molecule has 0 aliphatic carbocycles. The van der Waals surface area contributed by atoms with Crippen molar-refractivity contribution in [3.05, 3.63) is 100 Å². The number of benzene rings is 2. The molecule has 0 fully saturated rings. The molecule has 1 atom stereocenters. The van der Waals surface area contributed by atoms with Crippen molar-refractivity contribution >= 4 is 35.0 Å². The van der Waals surface area contributed by atoms with E-state index in [4.69, 9.17) is 9.15 Å². The molecule has 37 heavy (non-hydrogen) atoms. The lowest BCUT2D eigenvalue weighted by Gasteiger charge is -2.28. The van der Waals surface area contributed by atoms with Crippen LogP contribution in [0.4, 0.5) is 11.4 Å². The highest BCUT2D eigenvalue weighted by molar-refractivity contribution is 8.03. The van der Waals surface area contributed by atoms with Crippen molar-refractivity contribution in [3.63, 3.8) is 0 Å². The molecule has 1 aromatic heterocycles. The fraction of sp³-hybridized carbons (Fsp3) is 0.179. The molecule has 2 heterocycles. The number of carbonyl (C=O) groups is 2. The van der Waals surface area contributed by atoms with E-state index in [9.17, 15) is 14.9 Å². The molecular formula is C28H26N4O4S. The number of furan rings is 1. The molecule has 188 valence electrons. The normalized spacial score (nSPS) is 15.0. The first kappa shape index (κ1) is 25.7. The number of allylic oxidation sites excluding steroid dienone is 2. The summed E-state index contributed by atoms with van der Waals surface area (Å²) < 4.78 is 10.8. The van der Waals surface area contributed by atoms with Gasteiger partial charge in [-0.3, -0.25) is 9.59 Å². The van der Waals surface area contributed by atoms with Crippen molar-refractivity contribution < 1.29 is 18.7 Å². The molecule has 3 N–H and O–H groups in total. The number of anilines is 2. The summed E-state index contributed by atoms with van der Waals surface area (Å²) in [6.45, 7) is 3.68. The minimum Gasteiger partial charge on any atom is -0.497 e. The van der Waals surface area contributed by atoms with Crippen LogP contribution in [0.2, 0.25) is 0 Å². The summed E-state index contributed by atoms with van der Waals surface area (Å²) in [7, 11) is 1.58. The van der Waals surface area contributed by atoms with Gasteiger partial charge in [0.05, 0.1) is 47.3 Å². The lowest BCUT2D eigenvalue weighted by Crippen LogP contribution is -2.31. The molecule has 1 aliphatic heterocycles. The predicted molar refractivity (Wildman–Crippen MR) is 144 cm³/mol. The molecule has 0 bridgehead atoms. The minimum atomic E-state index is -0.725. The van der Waals surface area contributed by atoms with Crippen LogP contribution in [0.3, 0.4) is 0 Å². The number of nitrogens with zero attached hydrogens (tertiary/aromatic N) is 1. The van der Waals surface area contributed by atoms with Gasteiger partial charge in [0, 0.05) is 17.1 Å². The molecule has 2 aromatic carbocycles. The number of methoxy groups -OCH3 is 1. The summed E-state index contributed by atoms with van der Waals surface area (Å²) in [6.07, 6.45) is 1.51. The van der Waals surface area contributed by atoms with Gasteiger partial charge in [-0.2, -0.15) is 5.26 Å². The van der Waals surface area contributed by atoms with Gasteiger partial charge in [0.15, 0.2) is 0 Å². The number of dihydropyridines is 1. The monoisotopic (exact) mass is 514 g/mol. The molecule has 0 saturated heterocycles. The van der Waals surface area contributed by atoms with Gasteiger partial charge in [0.2, 0.25) is 5.91 Å². The highest BCUT2D eigenvalue weighted by atomic mass is 32.2. The molecule has 1 unspecified atom stereocenters. The van der Waals surface area contributed by atoms with Crippen LogP contribution in [0.5, 0.6) is 5.75 Å². The maximum Gasteiger partial charge on any atom is 0.254 e. The second-order valence-corrected chi connectivity index (χ2v) is 9.29. The topological polar surface area (TPSA) is 116 Å². The molecule has 1 aliphatic rings. The van der Waals surface area contributed by atoms with E-state index in [0.717, 1.165) is 5.56 Å². The Morgan fingerprint density at radius 3 is 2.49 bits per heavy atom. The average molecular weight is 515 g/mol. The van der Waals surface area contributed by atoms with Gasteiger partial charge < -0.3 is 25.1 Å². The quantitative estimate of drug-likeness (QED) is 0.373. The van der Waals surface area contributed by atoms with Gasteiger partial charge in [0.25, 0.3) is 5.91 Å². The van der Waals surface area contributed by atoms with E-state index in [2.05, 4.69) is 22.0 Å². The maximum absolute atomic E-state index is 13.5. The molecule has 0 saturated carbocycles. The van der Waals surface area contributed by atoms with E-state index >= 15 is 0 Å². The molecule has 3 aromatic rings. The van der Waals surface area contributed by atoms with Crippen LogP contribution in [0, 0.1) is 18.3 Å². The van der Waals surface area contributed by atoms with Crippen molar-refractivity contribution in [3.8, 4) is 11.8 Å². The summed E-state index contributed by atoms with van der Waals surface area (Å²) in [4.78, 5) is 26.1. The van der Waals surface area contributed by atoms with Gasteiger partial charge in [-0.1, -0.05) is 30.0 Å². The Hall–Kier alpha value is -4.42. The summed E-state index contributed by atoms with van der Waals surface area (Å²) in [6, 6.07) is 20.2. The van der Waals surface area contributed by atoms with E-state index in [1.54, 1.807) is 50.4 Å². The van der Waals surface area contributed by atoms with E-state index < -0.39 is 5.92 Å². The Balaban J connectivity index is 1.56. The zero-order valence-electron chi connectivity index (χ0n) is 20.6. The first-order valence-electron chi connectivity index (χ1n) is 11.5. The van der Waals surface area contributed by atoms with Gasteiger partial charge in [-0.15, -0.1) is 0 Å². The lowest BCUT2D eigenvalue weighted by molar-refractivity contribution is -0.114. The lowest BCUT2D eigenvalue weighted by atomic mass is 9.85. The van der Waals surface area contributed by atoms with E-state index in [1.165, 1.54) is 18.0 Å². The van der Waals surface area contributed by atoms with Gasteiger partial charge >= 0.3 is 0 Å². The highest BCUT2D eigenvalue weighted by Crippen LogP contribution is 2.41. The van der Waals surface area contributed by atoms with E-state index in [-0.39, 0.29) is 17.6 Å². The van der Waals surface area contributed by atoms with Crippen molar-refractivity contribution in [1.29, 1.82) is 5.26 Å². The Morgan fingerprint density at radius 1 is 1.08 bits per heavy atom. The SMILES string of the molecule is COc1ccc(NC(=O)CSC2=C(C#N)C(c3ccco3)C(C(=O)Nc3ccccc3C)=C(C)N2)cc1. The summed E-state index contributed by atoms with van der Waals surface area (Å²) in [5.74, 6) is -0.0833. The standard InChI is InChI=1S/C28H26N4O4S/c1-17-7-4-5-8-22(17)32-27(34)25-18(2)30-28(21(15-29)26(25)23-9-6-14-36-23)37-16-24(33)31-19-10-12-20(35-3)13-11-19/h4-14,26,30H,16H2,1-3H3,(H,31,33)(H,32,34). The van der Waals surface area contributed by atoms with E-state index in [1.807, 2.05) is 31.2 Å². The average Bonchev–Trinajstić information content (AvgIpc) is 3.43. The van der Waals surface area contributed by atoms with Crippen molar-refractivity contribution in [2.75, 3.05) is 23.5 Å². The zero-order valence-corrected chi connectivity index (χ0v) is 21.4. The molecule has 9 heteroatoms. The van der Waals surface area contributed by atoms with E-state index in [0.29, 0.717) is 44.8 Å². The Bertz CT molecular complexity index is 1400. The smallest absolute Gasteiger partial charge is 0.254 e. The molecule has 8 nitrogen and oxygen atoms in total. The van der Waals surface area contributed by atoms with Crippen LogP contribution in [-0.4, -0.2) is 24.7 Å². The van der Waals surface area contributed by atoms with Crippen molar-refractivity contribution in [1.82, 2.24) is 5.32 Å². The number of thioether (sulfide) groups is 1. The minimum absolute atomic E-state index is 0.0580. The van der Waals surface area contributed by atoms with Crippen LogP contribution < -0.4 is 20.7 Å². The van der Waals surface area contributed by atoms with Crippen LogP contribution in [0.15, 0.2) is 93.2 Å². The Labute approximate surface area is 219 Å². The van der Waals surface area contributed by atoms with Crippen molar-refractivity contribution in [2.24, 2.45) is 0 Å². The molecular weight excluding hydrogens is 488 g/mol. The number of hydrogen-bond donors (Lipinski definition) is 3. The van der Waals surface area contributed by atoms with Gasteiger partial charge in [-0.05, 0) is 61.9 Å². The largest absolute Gasteiger partial charge is 0.497 e. The number of amides is 2. The summed E-state index contributed by atoms with van der Waals surface area (Å²) in [5.41, 5.74) is 3.49. The maximum atomic E-state index is 13.5. The third-order valence-electron chi connectivity index (χ3n) is 5.83. The zero-order chi connectivity index (χ0) is 26.4. The molecule has 0 radical (unpaired) electrons. The van der Waals surface area contributed by atoms with Gasteiger partial charge in [-0.25, -0.2) is 0 Å². The number of para-hydroxylation sites is 1. The number of aryl methyl sites for hydroxylation is 1. The second kappa shape index (κ2) is 11.5. The number of ether oxygens (including phenoxy) is 1. The Kier molecular flexibility index (Phi) is 8.01. The third kappa shape index (κ3) is 5.88. The first-order chi connectivity index (χ1) is 17.9. The third-order valence-corrected chi connectivity index (χ3v) is 6.85. The predicted octanol–water partition coefficient (Wildman–Crippen LogP) is 5.30. The summed E-state index contributed by atoms with van der Waals surface area (Å²) >= 11 is 1.19. The fourth-order valence-electron chi connectivity index (χ4n) is 3.98. The van der Waals surface area contributed by atoms with Crippen LogP contribution in [-0.2, 0) is 9.59 Å². The highest BCUT2D eigenvalue weighted by Gasteiger charge is 2.36.